The van der Waals surface area contributed by atoms with Crippen LogP contribution in [0.5, 0.6) is 0 Å². The van der Waals surface area contributed by atoms with Gasteiger partial charge in [0.25, 0.3) is 0 Å². The Labute approximate surface area is 145 Å². The minimum absolute atomic E-state index is 0.301. The number of hydrogen-bond acceptors (Lipinski definition) is 1. The fraction of sp³-hybridized carbons (Fsp3) is 0.133. The molecule has 1 heterocycles. The van der Waals surface area contributed by atoms with E-state index in [4.69, 9.17) is 23.2 Å². The molecule has 1 unspecified atom stereocenters. The lowest BCUT2D eigenvalue weighted by Crippen LogP contribution is -2.02. The number of aromatic nitrogens is 2. The summed E-state index contributed by atoms with van der Waals surface area (Å²) < 4.78 is 16.8. The zero-order valence-corrected chi connectivity index (χ0v) is 14.6. The normalized spacial score (nSPS) is 12.8. The van der Waals surface area contributed by atoms with E-state index in [2.05, 4.69) is 27.6 Å². The molecule has 0 spiro atoms. The van der Waals surface area contributed by atoms with E-state index < -0.39 is 0 Å². The van der Waals surface area contributed by atoms with Crippen molar-refractivity contribution in [2.75, 3.05) is 0 Å². The molecule has 0 saturated heterocycles. The third-order valence-electron chi connectivity index (χ3n) is 3.17. The number of rotatable bonds is 2. The van der Waals surface area contributed by atoms with Crippen molar-refractivity contribution in [3.63, 3.8) is 0 Å². The summed E-state index contributed by atoms with van der Waals surface area (Å²) in [6.07, 6.45) is 0. The third kappa shape index (κ3) is 2.64. The average molecular weight is 435 g/mol. The standard InChI is InChI=1S/C15H10Cl2FIN2/c1-8(16)15-20-14-11(18)3-2-4-13(14)21(15)12-6-5-9(19)7-10(12)17/h2-8H,1H3. The average Bonchev–Trinajstić information content (AvgIpc) is 2.80. The van der Waals surface area contributed by atoms with Crippen LogP contribution in [0.4, 0.5) is 4.39 Å². The van der Waals surface area contributed by atoms with Crippen molar-refractivity contribution in [2.45, 2.75) is 12.3 Å². The number of hydrogen-bond donors (Lipinski definition) is 0. The topological polar surface area (TPSA) is 17.8 Å². The predicted octanol–water partition coefficient (Wildman–Crippen LogP) is 5.72. The van der Waals surface area contributed by atoms with E-state index in [0.29, 0.717) is 21.9 Å². The molecule has 0 aliphatic heterocycles. The van der Waals surface area contributed by atoms with Crippen LogP contribution in [0.1, 0.15) is 18.1 Å². The fourth-order valence-corrected chi connectivity index (χ4v) is 3.35. The lowest BCUT2D eigenvalue weighted by molar-refractivity contribution is 0.637. The van der Waals surface area contributed by atoms with Gasteiger partial charge in [-0.2, -0.15) is 0 Å². The number of fused-ring (bicyclic) bond motifs is 1. The molecule has 0 aliphatic rings. The van der Waals surface area contributed by atoms with E-state index in [0.717, 1.165) is 9.26 Å². The first-order valence-corrected chi connectivity index (χ1v) is 8.14. The first kappa shape index (κ1) is 15.1. The van der Waals surface area contributed by atoms with Crippen LogP contribution >= 0.6 is 45.8 Å². The number of halogens is 4. The van der Waals surface area contributed by atoms with E-state index in [1.54, 1.807) is 13.0 Å². The van der Waals surface area contributed by atoms with Gasteiger partial charge in [0.15, 0.2) is 5.82 Å². The first-order valence-electron chi connectivity index (χ1n) is 6.25. The van der Waals surface area contributed by atoms with Crippen molar-refractivity contribution in [2.24, 2.45) is 0 Å². The molecule has 108 valence electrons. The van der Waals surface area contributed by atoms with Crippen molar-refractivity contribution in [3.05, 3.63) is 56.6 Å². The van der Waals surface area contributed by atoms with Gasteiger partial charge in [0, 0.05) is 3.57 Å². The number of benzene rings is 2. The van der Waals surface area contributed by atoms with E-state index >= 15 is 0 Å². The molecule has 0 saturated carbocycles. The molecule has 0 bridgehead atoms. The maximum atomic E-state index is 14.0. The zero-order chi connectivity index (χ0) is 15.1. The van der Waals surface area contributed by atoms with Crippen LogP contribution in [0.2, 0.25) is 5.02 Å². The SMILES string of the molecule is CC(Cl)c1nc2c(F)cccc2n1-c1ccc(I)cc1Cl. The van der Waals surface area contributed by atoms with Gasteiger partial charge in [-0.3, -0.25) is 4.57 Å². The molecule has 3 rings (SSSR count). The van der Waals surface area contributed by atoms with Crippen LogP contribution in [0.15, 0.2) is 36.4 Å². The second-order valence-electron chi connectivity index (χ2n) is 4.62. The van der Waals surface area contributed by atoms with Crippen molar-refractivity contribution in [1.82, 2.24) is 9.55 Å². The van der Waals surface area contributed by atoms with Crippen LogP contribution in [-0.2, 0) is 0 Å². The lowest BCUT2D eigenvalue weighted by Gasteiger charge is -2.12. The van der Waals surface area contributed by atoms with E-state index in [9.17, 15) is 4.39 Å². The van der Waals surface area contributed by atoms with Gasteiger partial charge >= 0.3 is 0 Å². The summed E-state index contributed by atoms with van der Waals surface area (Å²) in [6.45, 7) is 1.80. The molecule has 1 aromatic heterocycles. The molecular weight excluding hydrogens is 425 g/mol. The van der Waals surface area contributed by atoms with Crippen LogP contribution in [0, 0.1) is 9.39 Å². The summed E-state index contributed by atoms with van der Waals surface area (Å²) in [5.74, 6) is 0.200. The van der Waals surface area contributed by atoms with Gasteiger partial charge < -0.3 is 0 Å². The van der Waals surface area contributed by atoms with Crippen LogP contribution in [-0.4, -0.2) is 9.55 Å². The minimum Gasteiger partial charge on any atom is -0.293 e. The fourth-order valence-electron chi connectivity index (χ4n) is 2.27. The van der Waals surface area contributed by atoms with Gasteiger partial charge in [0.05, 0.1) is 21.6 Å². The van der Waals surface area contributed by atoms with Gasteiger partial charge in [-0.1, -0.05) is 17.7 Å². The molecule has 0 aliphatic carbocycles. The van der Waals surface area contributed by atoms with E-state index in [-0.39, 0.29) is 11.2 Å². The Morgan fingerprint density at radius 2 is 2.05 bits per heavy atom. The Kier molecular flexibility index (Phi) is 4.12. The molecule has 0 radical (unpaired) electrons. The molecule has 0 amide bonds. The minimum atomic E-state index is -0.369. The highest BCUT2D eigenvalue weighted by molar-refractivity contribution is 14.1. The molecule has 6 heteroatoms. The Balaban J connectivity index is 2.39. The summed E-state index contributed by atoms with van der Waals surface area (Å²) in [6, 6.07) is 10.5. The van der Waals surface area contributed by atoms with Gasteiger partial charge in [-0.25, -0.2) is 9.37 Å². The van der Waals surface area contributed by atoms with Crippen LogP contribution < -0.4 is 0 Å². The maximum Gasteiger partial charge on any atom is 0.151 e. The maximum absolute atomic E-state index is 14.0. The van der Waals surface area contributed by atoms with Crippen LogP contribution in [0.25, 0.3) is 16.7 Å². The molecule has 21 heavy (non-hydrogen) atoms. The Bertz CT molecular complexity index is 830. The van der Waals surface area contributed by atoms with Crippen molar-refractivity contribution in [1.29, 1.82) is 0 Å². The molecular formula is C15H10Cl2FIN2. The second-order valence-corrected chi connectivity index (χ2v) is 6.93. The lowest BCUT2D eigenvalue weighted by atomic mass is 10.2. The summed E-state index contributed by atoms with van der Waals surface area (Å²) in [7, 11) is 0. The largest absolute Gasteiger partial charge is 0.293 e. The van der Waals surface area contributed by atoms with Gasteiger partial charge in [0.2, 0.25) is 0 Å². The van der Waals surface area contributed by atoms with Crippen molar-refractivity contribution in [3.8, 4) is 5.69 Å². The number of para-hydroxylation sites is 1. The van der Waals surface area contributed by atoms with Gasteiger partial charge in [0.1, 0.15) is 11.3 Å². The molecule has 1 atom stereocenters. The monoisotopic (exact) mass is 434 g/mol. The second kappa shape index (κ2) is 5.74. The van der Waals surface area contributed by atoms with Gasteiger partial charge in [-0.05, 0) is 59.8 Å². The molecule has 2 aromatic carbocycles. The van der Waals surface area contributed by atoms with E-state index in [1.807, 2.05) is 28.8 Å². The molecule has 0 fully saturated rings. The quantitative estimate of drug-likeness (QED) is 0.372. The predicted molar refractivity (Wildman–Crippen MR) is 93.0 cm³/mol. The summed E-state index contributed by atoms with van der Waals surface area (Å²) >= 11 is 14.8. The Morgan fingerprint density at radius 3 is 2.71 bits per heavy atom. The van der Waals surface area contributed by atoms with Crippen molar-refractivity contribution >= 4 is 56.8 Å². The third-order valence-corrected chi connectivity index (χ3v) is 4.34. The Morgan fingerprint density at radius 1 is 1.29 bits per heavy atom. The number of imidazole rings is 1. The summed E-state index contributed by atoms with van der Waals surface area (Å²) in [5, 5.41) is 0.205. The molecule has 0 N–H and O–H groups in total. The molecule has 3 aromatic rings. The summed E-state index contributed by atoms with van der Waals surface area (Å²) in [5.41, 5.74) is 1.70. The van der Waals surface area contributed by atoms with Crippen LogP contribution in [0.3, 0.4) is 0 Å². The highest BCUT2D eigenvalue weighted by Crippen LogP contribution is 2.32. The molecule has 2 nitrogen and oxygen atoms in total. The highest BCUT2D eigenvalue weighted by Gasteiger charge is 2.19. The number of alkyl halides is 1. The number of nitrogens with zero attached hydrogens (tertiary/aromatic N) is 2. The zero-order valence-electron chi connectivity index (χ0n) is 10.9. The smallest absolute Gasteiger partial charge is 0.151 e. The van der Waals surface area contributed by atoms with Gasteiger partial charge in [-0.15, -0.1) is 11.6 Å². The van der Waals surface area contributed by atoms with E-state index in [1.165, 1.54) is 6.07 Å². The first-order chi connectivity index (χ1) is 9.99. The van der Waals surface area contributed by atoms with Crippen molar-refractivity contribution < 1.29 is 4.39 Å². The highest BCUT2D eigenvalue weighted by atomic mass is 127. The Hall–Kier alpha value is -0.850. The summed E-state index contributed by atoms with van der Waals surface area (Å²) in [4.78, 5) is 4.35.